The van der Waals surface area contributed by atoms with Crippen molar-refractivity contribution in [2.45, 2.75) is 51.5 Å². The van der Waals surface area contributed by atoms with E-state index in [1.165, 1.54) is 9.58 Å². The van der Waals surface area contributed by atoms with Gasteiger partial charge in [0, 0.05) is 28.8 Å². The first-order chi connectivity index (χ1) is 16.5. The van der Waals surface area contributed by atoms with E-state index >= 15 is 0 Å². The van der Waals surface area contributed by atoms with Crippen LogP contribution in [0.25, 0.3) is 17.0 Å². The Morgan fingerprint density at radius 3 is 2.35 bits per heavy atom. The first-order valence-electron chi connectivity index (χ1n) is 11.6. The van der Waals surface area contributed by atoms with Crippen molar-refractivity contribution >= 4 is 34.7 Å². The van der Waals surface area contributed by atoms with Gasteiger partial charge in [-0.15, -0.1) is 0 Å². The molecule has 34 heavy (non-hydrogen) atoms. The van der Waals surface area contributed by atoms with Crippen LogP contribution in [0.4, 0.5) is 0 Å². The zero-order valence-electron chi connectivity index (χ0n) is 18.9. The number of pyridine rings is 1. The van der Waals surface area contributed by atoms with E-state index in [1.807, 2.05) is 13.0 Å². The van der Waals surface area contributed by atoms with Crippen LogP contribution < -0.4 is 9.67 Å². The van der Waals surface area contributed by atoms with Gasteiger partial charge in [-0.1, -0.05) is 43.9 Å². The topological polar surface area (TPSA) is 82.1 Å². The maximum atomic E-state index is 13.9. The Balaban J connectivity index is 1.71. The molecular formula is C26H25ClN4O3. The standard InChI is InChI=1S/C26H25ClN4O3/c1-2-20-21(25(33)31(28-20)19-13-11-17(27)12-14-19)22-23(29-15-7-4-8-16-29)26(34)30(24(22)32)18-9-5-3-6-10-18/h4,7-8,11-16,18H,2-3,5-6,9-10H2,1H3. The van der Waals surface area contributed by atoms with Crippen molar-refractivity contribution in [3.63, 3.8) is 0 Å². The summed E-state index contributed by atoms with van der Waals surface area (Å²) in [5.74, 6) is -1.19. The van der Waals surface area contributed by atoms with Gasteiger partial charge in [-0.3, -0.25) is 14.5 Å². The molecule has 7 nitrogen and oxygen atoms in total. The largest absolute Gasteiger partial charge is 0.858 e. The maximum absolute atomic E-state index is 13.9. The summed E-state index contributed by atoms with van der Waals surface area (Å²) in [5, 5.41) is 18.8. The van der Waals surface area contributed by atoms with E-state index in [0.717, 1.165) is 32.1 Å². The Morgan fingerprint density at radius 2 is 1.71 bits per heavy atom. The van der Waals surface area contributed by atoms with Gasteiger partial charge in [-0.25, -0.2) is 4.68 Å². The molecule has 0 spiro atoms. The minimum Gasteiger partial charge on any atom is -0.858 e. The van der Waals surface area contributed by atoms with Crippen LogP contribution in [0.2, 0.25) is 5.02 Å². The first-order valence-corrected chi connectivity index (χ1v) is 12.0. The fourth-order valence-corrected chi connectivity index (χ4v) is 5.05. The van der Waals surface area contributed by atoms with Gasteiger partial charge in [-0.2, -0.15) is 9.67 Å². The molecule has 2 amide bonds. The fraction of sp³-hybridized carbons (Fsp3) is 0.308. The number of amides is 2. The number of aromatic nitrogens is 3. The Morgan fingerprint density at radius 1 is 1.03 bits per heavy atom. The number of hydrogen-bond donors (Lipinski definition) is 0. The molecule has 1 aliphatic heterocycles. The summed E-state index contributed by atoms with van der Waals surface area (Å²) in [6.45, 7) is 1.88. The molecule has 1 fully saturated rings. The van der Waals surface area contributed by atoms with E-state index in [2.05, 4.69) is 5.10 Å². The monoisotopic (exact) mass is 476 g/mol. The van der Waals surface area contributed by atoms with Crippen LogP contribution in [0.3, 0.4) is 0 Å². The highest BCUT2D eigenvalue weighted by molar-refractivity contribution is 6.45. The molecule has 3 heterocycles. The number of imide groups is 1. The molecule has 2 aliphatic rings. The van der Waals surface area contributed by atoms with Crippen LogP contribution in [0.15, 0.2) is 54.9 Å². The highest BCUT2D eigenvalue weighted by Crippen LogP contribution is 2.39. The molecule has 5 rings (SSSR count). The summed E-state index contributed by atoms with van der Waals surface area (Å²) in [7, 11) is 0. The van der Waals surface area contributed by atoms with E-state index in [-0.39, 0.29) is 28.8 Å². The minimum absolute atomic E-state index is 0.133. The summed E-state index contributed by atoms with van der Waals surface area (Å²) in [6, 6.07) is 12.0. The van der Waals surface area contributed by atoms with Gasteiger partial charge < -0.3 is 5.11 Å². The van der Waals surface area contributed by atoms with Crippen LogP contribution in [-0.2, 0) is 16.0 Å². The van der Waals surface area contributed by atoms with Gasteiger partial charge >= 0.3 is 5.91 Å². The Hall–Kier alpha value is -3.45. The quantitative estimate of drug-likeness (QED) is 0.416. The molecule has 3 aromatic rings. The molecule has 0 bridgehead atoms. The second-order valence-electron chi connectivity index (χ2n) is 8.65. The zero-order chi connectivity index (χ0) is 23.8. The third kappa shape index (κ3) is 3.70. The van der Waals surface area contributed by atoms with E-state index < -0.39 is 11.8 Å². The van der Waals surface area contributed by atoms with Crippen molar-refractivity contribution in [1.29, 1.82) is 0 Å². The number of aryl methyl sites for hydroxylation is 1. The lowest BCUT2D eigenvalue weighted by atomic mass is 9.94. The van der Waals surface area contributed by atoms with Crippen LogP contribution >= 0.6 is 11.6 Å². The SMILES string of the molecule is CCc1nn(-c2ccc(Cl)cc2)c([O-])c1C1=C([n+]2ccccc2)C(=O)N(C2CCCCC2)C1=O. The maximum Gasteiger partial charge on any atom is 0.327 e. The predicted molar refractivity (Wildman–Crippen MR) is 126 cm³/mol. The summed E-state index contributed by atoms with van der Waals surface area (Å²) in [5.41, 5.74) is 1.56. The van der Waals surface area contributed by atoms with Gasteiger partial charge in [0.2, 0.25) is 0 Å². The van der Waals surface area contributed by atoms with Gasteiger partial charge in [0.25, 0.3) is 11.6 Å². The van der Waals surface area contributed by atoms with Gasteiger partial charge in [0.15, 0.2) is 12.4 Å². The van der Waals surface area contributed by atoms with E-state index in [4.69, 9.17) is 11.6 Å². The summed E-state index contributed by atoms with van der Waals surface area (Å²) in [6.07, 6.45) is 8.52. The normalized spacial score (nSPS) is 17.2. The molecule has 0 saturated heterocycles. The number of nitrogens with zero attached hydrogens (tertiary/aromatic N) is 4. The van der Waals surface area contributed by atoms with E-state index in [9.17, 15) is 14.7 Å². The highest BCUT2D eigenvalue weighted by Gasteiger charge is 2.49. The van der Waals surface area contributed by atoms with Crippen molar-refractivity contribution in [3.05, 3.63) is 71.1 Å². The second-order valence-corrected chi connectivity index (χ2v) is 9.08. The average Bonchev–Trinajstić information content (AvgIpc) is 3.32. The Kier molecular flexibility index (Phi) is 5.96. The summed E-state index contributed by atoms with van der Waals surface area (Å²) >= 11 is 6.01. The lowest BCUT2D eigenvalue weighted by Gasteiger charge is -2.29. The highest BCUT2D eigenvalue weighted by atomic mass is 35.5. The van der Waals surface area contributed by atoms with Crippen LogP contribution in [0.5, 0.6) is 5.88 Å². The van der Waals surface area contributed by atoms with Gasteiger partial charge in [0.1, 0.15) is 5.57 Å². The van der Waals surface area contributed by atoms with Crippen molar-refractivity contribution in [2.24, 2.45) is 0 Å². The van der Waals surface area contributed by atoms with Gasteiger partial charge in [0.05, 0.1) is 11.4 Å². The molecule has 8 heteroatoms. The van der Waals surface area contributed by atoms with Gasteiger partial charge in [-0.05, 0) is 49.4 Å². The third-order valence-corrected chi connectivity index (χ3v) is 6.83. The molecule has 0 radical (unpaired) electrons. The van der Waals surface area contributed by atoms with Crippen LogP contribution in [0, 0.1) is 0 Å². The molecule has 0 unspecified atom stereocenters. The van der Waals surface area contributed by atoms with Crippen LogP contribution in [0.1, 0.15) is 50.3 Å². The average molecular weight is 477 g/mol. The van der Waals surface area contributed by atoms with Crippen molar-refractivity contribution in [1.82, 2.24) is 14.7 Å². The molecular weight excluding hydrogens is 452 g/mol. The Bertz CT molecular complexity index is 1280. The molecule has 174 valence electrons. The zero-order valence-corrected chi connectivity index (χ0v) is 19.7. The van der Waals surface area contributed by atoms with Crippen molar-refractivity contribution in [3.8, 4) is 11.6 Å². The number of halogens is 1. The van der Waals surface area contributed by atoms with Crippen LogP contribution in [-0.4, -0.2) is 32.5 Å². The van der Waals surface area contributed by atoms with E-state index in [0.29, 0.717) is 22.8 Å². The molecule has 1 aliphatic carbocycles. The number of rotatable bonds is 5. The predicted octanol–water partition coefficient (Wildman–Crippen LogP) is 3.52. The molecule has 1 aromatic carbocycles. The number of hydrogen-bond acceptors (Lipinski definition) is 4. The first kappa shape index (κ1) is 22.3. The van der Waals surface area contributed by atoms with Crippen molar-refractivity contribution < 1.29 is 19.3 Å². The van der Waals surface area contributed by atoms with Crippen molar-refractivity contribution in [2.75, 3.05) is 0 Å². The molecule has 0 N–H and O–H groups in total. The minimum atomic E-state index is -0.421. The molecule has 0 atom stereocenters. The van der Waals surface area contributed by atoms with E-state index in [1.54, 1.807) is 53.4 Å². The number of carbonyl (C=O) groups is 2. The molecule has 1 saturated carbocycles. The number of carbonyl (C=O) groups excluding carboxylic acids is 2. The summed E-state index contributed by atoms with van der Waals surface area (Å²) < 4.78 is 2.92. The smallest absolute Gasteiger partial charge is 0.327 e. The number of benzene rings is 1. The molecule has 2 aromatic heterocycles. The summed E-state index contributed by atoms with van der Waals surface area (Å²) in [4.78, 5) is 28.9. The second kappa shape index (κ2) is 9.06. The Labute approximate surface area is 202 Å². The lowest BCUT2D eigenvalue weighted by Crippen LogP contribution is -2.45. The third-order valence-electron chi connectivity index (χ3n) is 6.58. The fourth-order valence-electron chi connectivity index (χ4n) is 4.92. The lowest BCUT2D eigenvalue weighted by molar-refractivity contribution is -0.576.